The van der Waals surface area contributed by atoms with Crippen molar-refractivity contribution in [1.29, 1.82) is 0 Å². The van der Waals surface area contributed by atoms with Gasteiger partial charge in [-0.2, -0.15) is 18.2 Å². The zero-order chi connectivity index (χ0) is 17.1. The van der Waals surface area contributed by atoms with Crippen LogP contribution >= 0.6 is 0 Å². The average molecular weight is 512 g/mol. The molecule has 3 aromatic carbocycles. The quantitative estimate of drug-likeness (QED) is 0.301. The number of nitrogens with zero attached hydrogens (tertiary/aromatic N) is 2. The van der Waals surface area contributed by atoms with E-state index >= 15 is 0 Å². The summed E-state index contributed by atoms with van der Waals surface area (Å²) in [6, 6.07) is 24.3. The van der Waals surface area contributed by atoms with Crippen molar-refractivity contribution < 1.29 is 30.0 Å². The van der Waals surface area contributed by atoms with Crippen LogP contribution in [-0.2, 0) is 27.2 Å². The zero-order valence-corrected chi connectivity index (χ0v) is 16.4. The van der Waals surface area contributed by atoms with Gasteiger partial charge < -0.3 is 9.90 Å². The van der Waals surface area contributed by atoms with Crippen molar-refractivity contribution in [2.75, 3.05) is 0 Å². The fraction of sp³-hybridized carbons (Fsp3) is 0.100. The van der Waals surface area contributed by atoms with Crippen LogP contribution in [-0.4, -0.2) is 25.0 Å². The number of fused-ring (bicyclic) bond motifs is 2. The number of hydrogen-bond donors (Lipinski definition) is 1. The summed E-state index contributed by atoms with van der Waals surface area (Å²) in [5.74, 6) is -0.583. The van der Waals surface area contributed by atoms with E-state index in [1.165, 1.54) is 28.7 Å². The van der Waals surface area contributed by atoms with E-state index in [9.17, 15) is 0 Å². The predicted molar refractivity (Wildman–Crippen MR) is 98.2 cm³/mol. The molecule has 0 amide bonds. The summed E-state index contributed by atoms with van der Waals surface area (Å²) in [6.45, 7) is 1.19. The standard InChI is InChI=1S/C18H14N2.C2H4O2.Ir/c1-19-13-20(16-9-3-2-4-10-16)18-12-15-8-6-5-7-14(15)11-17(18)19;1-2(3)4;/h2-9,11-13H,1H3;1H3,(H,3,4);/p+1. The van der Waals surface area contributed by atoms with Crippen molar-refractivity contribution in [3.8, 4) is 5.69 Å². The Balaban J connectivity index is 0.000000411. The molecule has 0 saturated carbocycles. The number of benzene rings is 3. The summed E-state index contributed by atoms with van der Waals surface area (Å²) in [5, 5.41) is 10.1. The van der Waals surface area contributed by atoms with Gasteiger partial charge in [0.1, 0.15) is 0 Å². The van der Waals surface area contributed by atoms with Gasteiger partial charge in [-0.05, 0) is 10.8 Å². The minimum Gasteiger partial charge on any atom is -0.339 e. The number of aromatic nitrogens is 2. The summed E-state index contributed by atoms with van der Waals surface area (Å²) in [6.07, 6.45) is 2.11. The predicted octanol–water partition coefficient (Wildman–Crippen LogP) is 4.27. The van der Waals surface area contributed by atoms with Gasteiger partial charge in [-0.1, -0.05) is 24.3 Å². The van der Waals surface area contributed by atoms with E-state index in [2.05, 4.69) is 71.0 Å². The fourth-order valence-corrected chi connectivity index (χ4v) is 2.71. The minimum absolute atomic E-state index is 0. The number of hydrogen-bond acceptors (Lipinski definition) is 0. The van der Waals surface area contributed by atoms with Gasteiger partial charge in [0.25, 0.3) is 0 Å². The maximum absolute atomic E-state index is 7.53. The van der Waals surface area contributed by atoms with E-state index in [1.54, 1.807) is 0 Å². The Kier molecular flexibility index (Phi) is 6.07. The molecular weight excluding hydrogens is 492 g/mol. The largest absolute Gasteiger partial charge is 0.477 e. The monoisotopic (exact) mass is 512 g/mol. The van der Waals surface area contributed by atoms with Gasteiger partial charge in [0.2, 0.25) is 0 Å². The van der Waals surface area contributed by atoms with Gasteiger partial charge in [-0.15, -0.1) is 12.1 Å². The van der Waals surface area contributed by atoms with Crippen LogP contribution in [0.5, 0.6) is 0 Å². The van der Waals surface area contributed by atoms with Crippen LogP contribution in [0.2, 0.25) is 0 Å². The molecule has 1 heterocycles. The summed E-state index contributed by atoms with van der Waals surface area (Å²) in [5.41, 5.74) is 3.49. The molecule has 4 aromatic rings. The Morgan fingerprint density at radius 3 is 2.16 bits per heavy atom. The molecule has 2 N–H and O–H groups in total. The second kappa shape index (κ2) is 8.06. The van der Waals surface area contributed by atoms with E-state index in [0.29, 0.717) is 0 Å². The third-order valence-electron chi connectivity index (χ3n) is 3.72. The van der Waals surface area contributed by atoms with Gasteiger partial charge in [0.05, 0.1) is 6.92 Å². The van der Waals surface area contributed by atoms with Gasteiger partial charge in [-0.25, -0.2) is 9.13 Å². The topological polar surface area (TPSA) is 51.5 Å². The van der Waals surface area contributed by atoms with Crippen LogP contribution < -0.4 is 0 Å². The molecule has 129 valence electrons. The number of aryl methyl sites for hydroxylation is 1. The van der Waals surface area contributed by atoms with Crippen molar-refractivity contribution in [2.24, 2.45) is 7.05 Å². The van der Waals surface area contributed by atoms with E-state index in [0.717, 1.165) is 5.69 Å². The second-order valence-corrected chi connectivity index (χ2v) is 5.58. The summed E-state index contributed by atoms with van der Waals surface area (Å²) < 4.78 is 4.34. The van der Waals surface area contributed by atoms with Gasteiger partial charge in [0.15, 0.2) is 17.4 Å². The van der Waals surface area contributed by atoms with E-state index in [4.69, 9.17) is 9.90 Å². The van der Waals surface area contributed by atoms with Crippen LogP contribution in [0.4, 0.5) is 0 Å². The molecule has 4 rings (SSSR count). The van der Waals surface area contributed by atoms with Crippen LogP contribution in [0.15, 0.2) is 67.0 Å². The van der Waals surface area contributed by atoms with Gasteiger partial charge in [-0.3, -0.25) is 0 Å². The first-order valence-electron chi connectivity index (χ1n) is 7.64. The molecule has 0 fully saturated rings. The van der Waals surface area contributed by atoms with Crippen molar-refractivity contribution >= 4 is 27.8 Å². The molecular formula is C20H19IrN2O2+. The Morgan fingerprint density at radius 1 is 1.04 bits per heavy atom. The number of carboxylic acids is 1. The Morgan fingerprint density at radius 2 is 1.60 bits per heavy atom. The van der Waals surface area contributed by atoms with Crippen LogP contribution in [0.3, 0.4) is 0 Å². The molecule has 1 radical (unpaired) electrons. The van der Waals surface area contributed by atoms with E-state index in [-0.39, 0.29) is 20.1 Å². The van der Waals surface area contributed by atoms with Crippen molar-refractivity contribution in [2.45, 2.75) is 6.92 Å². The zero-order valence-electron chi connectivity index (χ0n) is 14.0. The molecule has 0 aliphatic rings. The Bertz CT molecular complexity index is 1010. The first kappa shape index (κ1) is 18.8. The van der Waals surface area contributed by atoms with E-state index < -0.39 is 5.97 Å². The summed E-state index contributed by atoms with van der Waals surface area (Å²) in [4.78, 5) is 7.53. The van der Waals surface area contributed by atoms with Crippen molar-refractivity contribution in [3.63, 3.8) is 0 Å². The molecule has 0 saturated heterocycles. The summed E-state index contributed by atoms with van der Waals surface area (Å²) in [7, 11) is 2.08. The molecule has 0 bridgehead atoms. The van der Waals surface area contributed by atoms with Crippen LogP contribution in [0.25, 0.3) is 27.5 Å². The SMILES string of the molecule is CC(O)=[OH+].Cn1[cH+]n(-c2[c-]cccc2)c2cc3ccccc3cc21.[Ir]. The Hall–Kier alpha value is -2.49. The molecule has 25 heavy (non-hydrogen) atoms. The van der Waals surface area contributed by atoms with Crippen molar-refractivity contribution in [3.05, 3.63) is 73.1 Å². The molecule has 0 unspecified atom stereocenters. The third-order valence-corrected chi connectivity index (χ3v) is 3.72. The smallest absolute Gasteiger partial charge is 0.339 e. The number of imidazole rings is 1. The number of aliphatic carboxylic acids is 1. The number of para-hydroxylation sites is 1. The second-order valence-electron chi connectivity index (χ2n) is 5.58. The summed E-state index contributed by atoms with van der Waals surface area (Å²) >= 11 is 0. The molecule has 5 heteroatoms. The van der Waals surface area contributed by atoms with Crippen LogP contribution in [0.1, 0.15) is 6.92 Å². The molecule has 0 aliphatic heterocycles. The minimum atomic E-state index is -0.583. The fourth-order valence-electron chi connectivity index (χ4n) is 2.71. The number of aliphatic hydroxyl groups excluding tert-OH is 1. The molecule has 0 spiro atoms. The Labute approximate surface area is 159 Å². The molecule has 4 nitrogen and oxygen atoms in total. The molecule has 0 atom stereocenters. The van der Waals surface area contributed by atoms with E-state index in [1.807, 2.05) is 18.2 Å². The number of carboxylic acid groups (broad SMARTS) is 1. The number of rotatable bonds is 1. The maximum Gasteiger partial charge on any atom is 0.477 e. The van der Waals surface area contributed by atoms with Gasteiger partial charge in [0, 0.05) is 45.0 Å². The first-order chi connectivity index (χ1) is 11.6. The maximum atomic E-state index is 7.53. The average Bonchev–Trinajstić information content (AvgIpc) is 2.89. The van der Waals surface area contributed by atoms with Crippen LogP contribution in [0, 0.1) is 6.07 Å². The first-order valence-corrected chi connectivity index (χ1v) is 7.64. The molecule has 1 aromatic heterocycles. The third kappa shape index (κ3) is 4.13. The van der Waals surface area contributed by atoms with Crippen molar-refractivity contribution in [1.82, 2.24) is 9.13 Å². The van der Waals surface area contributed by atoms with Gasteiger partial charge >= 0.3 is 5.97 Å². The molecule has 0 aliphatic carbocycles. The normalized spacial score (nSPS) is 10.0.